The molecule has 0 bridgehead atoms. The topological polar surface area (TPSA) is 12.0 Å². The molecule has 0 aromatic heterocycles. The van der Waals surface area contributed by atoms with Crippen molar-refractivity contribution in [2.24, 2.45) is 11.3 Å². The second kappa shape index (κ2) is 3.89. The van der Waals surface area contributed by atoms with E-state index in [0.29, 0.717) is 5.41 Å². The molecule has 1 N–H and O–H groups in total. The van der Waals surface area contributed by atoms with Gasteiger partial charge in [-0.2, -0.15) is 0 Å². The van der Waals surface area contributed by atoms with Crippen molar-refractivity contribution in [3.63, 3.8) is 0 Å². The van der Waals surface area contributed by atoms with Crippen LogP contribution in [-0.2, 0) is 12.8 Å². The van der Waals surface area contributed by atoms with Gasteiger partial charge in [-0.1, -0.05) is 31.2 Å². The number of benzene rings is 1. The third kappa shape index (κ3) is 1.58. The fraction of sp³-hybridized carbons (Fsp3) is 0.600. The molecule has 1 heterocycles. The minimum absolute atomic E-state index is 0.597. The zero-order valence-electron chi connectivity index (χ0n) is 10.1. The Morgan fingerprint density at radius 1 is 1.19 bits per heavy atom. The first-order valence-corrected chi connectivity index (χ1v) is 6.58. The number of hydrogen-bond donors (Lipinski definition) is 1. The number of hydrogen-bond acceptors (Lipinski definition) is 1. The number of nitrogens with one attached hydrogen (secondary N) is 1. The zero-order chi connectivity index (χ0) is 11.0. The first-order chi connectivity index (χ1) is 7.80. The molecule has 2 aliphatic rings. The van der Waals surface area contributed by atoms with E-state index in [4.69, 9.17) is 0 Å². The lowest BCUT2D eigenvalue weighted by Crippen LogP contribution is -2.46. The quantitative estimate of drug-likeness (QED) is 0.701. The number of aryl methyl sites for hydroxylation is 1. The van der Waals surface area contributed by atoms with Crippen LogP contribution in [0.1, 0.15) is 30.9 Å². The highest BCUT2D eigenvalue weighted by Crippen LogP contribution is 2.45. The van der Waals surface area contributed by atoms with Crippen molar-refractivity contribution in [1.29, 1.82) is 0 Å². The van der Waals surface area contributed by atoms with Crippen LogP contribution in [0.15, 0.2) is 24.3 Å². The van der Waals surface area contributed by atoms with Gasteiger partial charge < -0.3 is 5.32 Å². The van der Waals surface area contributed by atoms with Crippen LogP contribution in [0.5, 0.6) is 0 Å². The van der Waals surface area contributed by atoms with E-state index in [-0.39, 0.29) is 0 Å². The summed E-state index contributed by atoms with van der Waals surface area (Å²) >= 11 is 0. The van der Waals surface area contributed by atoms with Crippen molar-refractivity contribution in [2.45, 2.75) is 32.6 Å². The Labute approximate surface area is 98.3 Å². The van der Waals surface area contributed by atoms with Gasteiger partial charge in [-0.25, -0.2) is 0 Å². The Kier molecular flexibility index (Phi) is 2.51. The summed E-state index contributed by atoms with van der Waals surface area (Å²) in [5.74, 6) is 0.828. The number of rotatable bonds is 0. The monoisotopic (exact) mass is 215 g/mol. The second-order valence-corrected chi connectivity index (χ2v) is 5.66. The van der Waals surface area contributed by atoms with E-state index < -0.39 is 0 Å². The summed E-state index contributed by atoms with van der Waals surface area (Å²) in [5.41, 5.74) is 3.81. The van der Waals surface area contributed by atoms with Crippen LogP contribution < -0.4 is 5.32 Å². The van der Waals surface area contributed by atoms with Crippen LogP contribution in [0, 0.1) is 11.3 Å². The summed E-state index contributed by atoms with van der Waals surface area (Å²) in [6, 6.07) is 9.03. The van der Waals surface area contributed by atoms with Crippen LogP contribution >= 0.6 is 0 Å². The fourth-order valence-corrected chi connectivity index (χ4v) is 3.58. The maximum Gasteiger partial charge on any atom is -0.00177 e. The third-order valence-corrected chi connectivity index (χ3v) is 4.85. The minimum Gasteiger partial charge on any atom is -0.316 e. The zero-order valence-corrected chi connectivity index (χ0v) is 10.1. The van der Waals surface area contributed by atoms with E-state index in [9.17, 15) is 0 Å². The maximum absolute atomic E-state index is 3.53. The van der Waals surface area contributed by atoms with Gasteiger partial charge in [-0.05, 0) is 61.2 Å². The van der Waals surface area contributed by atoms with E-state index >= 15 is 0 Å². The molecule has 3 rings (SSSR count). The Hall–Kier alpha value is -0.820. The standard InChI is InChI=1S/C15H21N/c1-12-11-16-9-8-15(12)7-6-13-4-2-3-5-14(13)10-15/h2-5,12,16H,6-11H2,1H3. The second-order valence-electron chi connectivity index (χ2n) is 5.66. The number of fused-ring (bicyclic) bond motifs is 1. The molecule has 1 aliphatic carbocycles. The lowest BCUT2D eigenvalue weighted by Gasteiger charge is -2.46. The van der Waals surface area contributed by atoms with Crippen molar-refractivity contribution in [1.82, 2.24) is 5.32 Å². The van der Waals surface area contributed by atoms with Crippen LogP contribution in [0.25, 0.3) is 0 Å². The summed E-state index contributed by atoms with van der Waals surface area (Å²) in [6.07, 6.45) is 5.36. The van der Waals surface area contributed by atoms with Gasteiger partial charge in [0.1, 0.15) is 0 Å². The van der Waals surface area contributed by atoms with Gasteiger partial charge in [-0.3, -0.25) is 0 Å². The fourth-order valence-electron chi connectivity index (χ4n) is 3.58. The molecular formula is C15H21N. The predicted molar refractivity (Wildman–Crippen MR) is 67.6 cm³/mol. The van der Waals surface area contributed by atoms with Crippen molar-refractivity contribution >= 4 is 0 Å². The Balaban J connectivity index is 1.91. The molecule has 1 aromatic carbocycles. The van der Waals surface area contributed by atoms with Crippen LogP contribution in [-0.4, -0.2) is 13.1 Å². The average Bonchev–Trinajstić information content (AvgIpc) is 2.33. The highest BCUT2D eigenvalue weighted by Gasteiger charge is 2.40. The predicted octanol–water partition coefficient (Wildman–Crippen LogP) is 2.79. The van der Waals surface area contributed by atoms with Crippen LogP contribution in [0.2, 0.25) is 0 Å². The summed E-state index contributed by atoms with van der Waals surface area (Å²) in [7, 11) is 0. The van der Waals surface area contributed by atoms with Gasteiger partial charge in [0.15, 0.2) is 0 Å². The summed E-state index contributed by atoms with van der Waals surface area (Å²) in [5, 5.41) is 3.53. The molecule has 1 fully saturated rings. The molecule has 1 aliphatic heterocycles. The smallest absolute Gasteiger partial charge is 0.00177 e. The molecule has 2 atom stereocenters. The van der Waals surface area contributed by atoms with E-state index in [1.54, 1.807) is 11.1 Å². The van der Waals surface area contributed by atoms with Crippen molar-refractivity contribution in [3.05, 3.63) is 35.4 Å². The number of piperidine rings is 1. The van der Waals surface area contributed by atoms with E-state index in [1.165, 1.54) is 38.8 Å². The molecule has 86 valence electrons. The van der Waals surface area contributed by atoms with E-state index in [0.717, 1.165) is 5.92 Å². The molecule has 0 saturated carbocycles. The molecule has 1 heteroatoms. The van der Waals surface area contributed by atoms with Gasteiger partial charge in [0, 0.05) is 0 Å². The first kappa shape index (κ1) is 10.3. The molecule has 0 radical (unpaired) electrons. The molecular weight excluding hydrogens is 194 g/mol. The van der Waals surface area contributed by atoms with Gasteiger partial charge >= 0.3 is 0 Å². The minimum atomic E-state index is 0.597. The lowest BCUT2D eigenvalue weighted by atomic mass is 9.62. The molecule has 16 heavy (non-hydrogen) atoms. The normalized spacial score (nSPS) is 33.7. The summed E-state index contributed by atoms with van der Waals surface area (Å²) < 4.78 is 0. The third-order valence-electron chi connectivity index (χ3n) is 4.85. The SMILES string of the molecule is CC1CNCCC12CCc1ccccc1C2. The molecule has 0 amide bonds. The van der Waals surface area contributed by atoms with Gasteiger partial charge in [-0.15, -0.1) is 0 Å². The molecule has 1 spiro atoms. The molecule has 1 aromatic rings. The van der Waals surface area contributed by atoms with E-state index in [1.807, 2.05) is 0 Å². The first-order valence-electron chi connectivity index (χ1n) is 6.58. The van der Waals surface area contributed by atoms with Crippen molar-refractivity contribution in [2.75, 3.05) is 13.1 Å². The summed E-state index contributed by atoms with van der Waals surface area (Å²) in [6.45, 7) is 4.86. The van der Waals surface area contributed by atoms with Crippen LogP contribution in [0.4, 0.5) is 0 Å². The van der Waals surface area contributed by atoms with Gasteiger partial charge in [0.2, 0.25) is 0 Å². The maximum atomic E-state index is 3.53. The highest BCUT2D eigenvalue weighted by atomic mass is 14.9. The summed E-state index contributed by atoms with van der Waals surface area (Å²) in [4.78, 5) is 0. The van der Waals surface area contributed by atoms with Gasteiger partial charge in [0.25, 0.3) is 0 Å². The van der Waals surface area contributed by atoms with Gasteiger partial charge in [0.05, 0.1) is 0 Å². The van der Waals surface area contributed by atoms with Crippen molar-refractivity contribution in [3.8, 4) is 0 Å². The Morgan fingerprint density at radius 3 is 2.81 bits per heavy atom. The largest absolute Gasteiger partial charge is 0.316 e. The van der Waals surface area contributed by atoms with Crippen LogP contribution in [0.3, 0.4) is 0 Å². The average molecular weight is 215 g/mol. The molecule has 2 unspecified atom stereocenters. The van der Waals surface area contributed by atoms with E-state index in [2.05, 4.69) is 36.5 Å². The molecule has 1 nitrogen and oxygen atoms in total. The lowest BCUT2D eigenvalue weighted by molar-refractivity contribution is 0.101. The van der Waals surface area contributed by atoms with Crippen molar-refractivity contribution < 1.29 is 0 Å². The molecule has 1 saturated heterocycles. The Bertz CT molecular complexity index is 385. The Morgan fingerprint density at radius 2 is 2.00 bits per heavy atom. The highest BCUT2D eigenvalue weighted by molar-refractivity contribution is 5.31.